The number of hydrogen-bond acceptors (Lipinski definition) is 4. The molecule has 72 valence electrons. The highest BCUT2D eigenvalue weighted by molar-refractivity contribution is 7.13. The maximum absolute atomic E-state index is 11.1. The lowest BCUT2D eigenvalue weighted by Crippen LogP contribution is -2.10. The molecule has 0 saturated carbocycles. The number of rotatable bonds is 4. The number of carbonyl (C=O) groups excluding carboxylic acids is 1. The first-order valence-corrected chi connectivity index (χ1v) is 5.08. The lowest BCUT2D eigenvalue weighted by molar-refractivity contribution is -0.116. The second-order valence-electron chi connectivity index (χ2n) is 2.65. The molecule has 1 aromatic rings. The zero-order valence-corrected chi connectivity index (χ0v) is 8.36. The van der Waals surface area contributed by atoms with Gasteiger partial charge in [0, 0.05) is 18.3 Å². The molecule has 0 spiro atoms. The highest BCUT2D eigenvalue weighted by Gasteiger charge is 2.04. The van der Waals surface area contributed by atoms with E-state index in [4.69, 9.17) is 5.73 Å². The Bertz CT molecular complexity index is 285. The van der Waals surface area contributed by atoms with Crippen molar-refractivity contribution in [2.75, 3.05) is 5.32 Å². The number of hydrogen-bond donors (Lipinski definition) is 2. The van der Waals surface area contributed by atoms with Crippen LogP contribution in [0, 0.1) is 0 Å². The third-order valence-corrected chi connectivity index (χ3v) is 2.29. The van der Waals surface area contributed by atoms with Gasteiger partial charge in [0.2, 0.25) is 5.91 Å². The van der Waals surface area contributed by atoms with Crippen molar-refractivity contribution < 1.29 is 4.79 Å². The summed E-state index contributed by atoms with van der Waals surface area (Å²) in [6, 6.07) is 0. The minimum Gasteiger partial charge on any atom is -0.325 e. The summed E-state index contributed by atoms with van der Waals surface area (Å²) in [5.74, 6) is 0.0143. The summed E-state index contributed by atoms with van der Waals surface area (Å²) >= 11 is 1.41. The fourth-order valence-corrected chi connectivity index (χ4v) is 1.61. The summed E-state index contributed by atoms with van der Waals surface area (Å²) < 4.78 is 0. The first kappa shape index (κ1) is 10.1. The van der Waals surface area contributed by atoms with Gasteiger partial charge in [-0.05, 0) is 6.42 Å². The summed E-state index contributed by atoms with van der Waals surface area (Å²) in [5.41, 5.74) is 6.20. The van der Waals surface area contributed by atoms with E-state index in [0.717, 1.165) is 12.1 Å². The van der Waals surface area contributed by atoms with Crippen molar-refractivity contribution in [3.05, 3.63) is 11.1 Å². The molecule has 1 rings (SSSR count). The van der Waals surface area contributed by atoms with Crippen molar-refractivity contribution in [2.24, 2.45) is 5.73 Å². The predicted molar refractivity (Wildman–Crippen MR) is 53.5 cm³/mol. The molecule has 0 aromatic carbocycles. The van der Waals surface area contributed by atoms with Gasteiger partial charge in [-0.1, -0.05) is 6.92 Å². The average Bonchev–Trinajstić information content (AvgIpc) is 2.52. The second kappa shape index (κ2) is 4.94. The van der Waals surface area contributed by atoms with Gasteiger partial charge in [-0.15, -0.1) is 11.3 Å². The molecule has 1 amide bonds. The lowest BCUT2D eigenvalue weighted by Gasteiger charge is -1.97. The van der Waals surface area contributed by atoms with E-state index < -0.39 is 0 Å². The molecule has 5 heteroatoms. The highest BCUT2D eigenvalue weighted by Crippen LogP contribution is 2.14. The molecule has 1 heterocycles. The number of anilines is 1. The second-order valence-corrected chi connectivity index (χ2v) is 3.50. The van der Waals surface area contributed by atoms with Crippen LogP contribution in [0.25, 0.3) is 0 Å². The number of amides is 1. The zero-order valence-electron chi connectivity index (χ0n) is 7.54. The molecule has 0 unspecified atom stereocenters. The Morgan fingerprint density at radius 3 is 3.08 bits per heavy atom. The van der Waals surface area contributed by atoms with Crippen LogP contribution in [0.1, 0.15) is 25.5 Å². The lowest BCUT2D eigenvalue weighted by atomic mass is 10.3. The molecular weight excluding hydrogens is 186 g/mol. The highest BCUT2D eigenvalue weighted by atomic mass is 32.1. The average molecular weight is 199 g/mol. The van der Waals surface area contributed by atoms with Crippen LogP contribution >= 0.6 is 11.3 Å². The van der Waals surface area contributed by atoms with Crippen molar-refractivity contribution in [3.63, 3.8) is 0 Å². The quantitative estimate of drug-likeness (QED) is 0.769. The molecule has 1 aromatic heterocycles. The van der Waals surface area contributed by atoms with Crippen LogP contribution in [0.15, 0.2) is 5.38 Å². The fraction of sp³-hybridized carbons (Fsp3) is 0.500. The van der Waals surface area contributed by atoms with E-state index in [-0.39, 0.29) is 5.91 Å². The van der Waals surface area contributed by atoms with Gasteiger partial charge in [-0.3, -0.25) is 4.79 Å². The van der Waals surface area contributed by atoms with Gasteiger partial charge in [0.25, 0.3) is 0 Å². The Kier molecular flexibility index (Phi) is 3.85. The van der Waals surface area contributed by atoms with E-state index in [9.17, 15) is 4.79 Å². The first-order valence-electron chi connectivity index (χ1n) is 4.20. The van der Waals surface area contributed by atoms with Crippen LogP contribution in [0.3, 0.4) is 0 Å². The summed E-state index contributed by atoms with van der Waals surface area (Å²) in [6.07, 6.45) is 1.39. The maximum atomic E-state index is 11.1. The van der Waals surface area contributed by atoms with Crippen LogP contribution in [0.2, 0.25) is 0 Å². The van der Waals surface area contributed by atoms with E-state index in [2.05, 4.69) is 10.3 Å². The third kappa shape index (κ3) is 3.12. The summed E-state index contributed by atoms with van der Waals surface area (Å²) in [6.45, 7) is 2.38. The van der Waals surface area contributed by atoms with Crippen LogP contribution in [-0.4, -0.2) is 10.9 Å². The molecule has 0 aliphatic heterocycles. The van der Waals surface area contributed by atoms with Crippen LogP contribution in [0.4, 0.5) is 5.13 Å². The Hall–Kier alpha value is -0.940. The van der Waals surface area contributed by atoms with E-state index >= 15 is 0 Å². The molecule has 0 aliphatic rings. The molecule has 0 atom stereocenters. The topological polar surface area (TPSA) is 68.0 Å². The Morgan fingerprint density at radius 1 is 1.77 bits per heavy atom. The van der Waals surface area contributed by atoms with Crippen molar-refractivity contribution in [1.29, 1.82) is 0 Å². The van der Waals surface area contributed by atoms with Crippen molar-refractivity contribution >= 4 is 22.4 Å². The van der Waals surface area contributed by atoms with Gasteiger partial charge in [-0.2, -0.15) is 0 Å². The Balaban J connectivity index is 2.49. The molecule has 0 fully saturated rings. The zero-order chi connectivity index (χ0) is 9.68. The smallest absolute Gasteiger partial charge is 0.226 e. The summed E-state index contributed by atoms with van der Waals surface area (Å²) in [4.78, 5) is 15.2. The van der Waals surface area contributed by atoms with Crippen molar-refractivity contribution in [3.8, 4) is 0 Å². The molecular formula is C8H13N3OS. The number of thiazole rings is 1. The van der Waals surface area contributed by atoms with Gasteiger partial charge < -0.3 is 11.1 Å². The van der Waals surface area contributed by atoms with E-state index in [1.165, 1.54) is 11.3 Å². The standard InChI is InChI=1S/C8H13N3OS/c1-2-3-7(12)11-8-10-6(4-9)5-13-8/h5H,2-4,9H2,1H3,(H,10,11,12). The molecule has 3 N–H and O–H groups in total. The maximum Gasteiger partial charge on any atom is 0.226 e. The molecule has 13 heavy (non-hydrogen) atoms. The predicted octanol–water partition coefficient (Wildman–Crippen LogP) is 1.34. The van der Waals surface area contributed by atoms with Gasteiger partial charge in [-0.25, -0.2) is 4.98 Å². The number of nitrogens with zero attached hydrogens (tertiary/aromatic N) is 1. The summed E-state index contributed by atoms with van der Waals surface area (Å²) in [5, 5.41) is 5.20. The number of aromatic nitrogens is 1. The van der Waals surface area contributed by atoms with E-state index in [0.29, 0.717) is 18.1 Å². The normalized spacial score (nSPS) is 10.0. The minimum absolute atomic E-state index is 0.0143. The third-order valence-electron chi connectivity index (χ3n) is 1.48. The number of nitrogens with two attached hydrogens (primary N) is 1. The van der Waals surface area contributed by atoms with Gasteiger partial charge in [0.1, 0.15) is 0 Å². The largest absolute Gasteiger partial charge is 0.325 e. The molecule has 0 aliphatic carbocycles. The number of nitrogens with one attached hydrogen (secondary N) is 1. The van der Waals surface area contributed by atoms with Gasteiger partial charge in [0.15, 0.2) is 5.13 Å². The van der Waals surface area contributed by atoms with Crippen molar-refractivity contribution in [1.82, 2.24) is 4.98 Å². The van der Waals surface area contributed by atoms with Gasteiger partial charge in [0.05, 0.1) is 5.69 Å². The summed E-state index contributed by atoms with van der Waals surface area (Å²) in [7, 11) is 0. The fourth-order valence-electron chi connectivity index (χ4n) is 0.867. The molecule has 4 nitrogen and oxygen atoms in total. The van der Waals surface area contributed by atoms with Crippen LogP contribution in [0.5, 0.6) is 0 Å². The Labute approximate surface area is 81.2 Å². The van der Waals surface area contributed by atoms with Crippen LogP contribution in [-0.2, 0) is 11.3 Å². The van der Waals surface area contributed by atoms with E-state index in [1.807, 2.05) is 12.3 Å². The van der Waals surface area contributed by atoms with E-state index in [1.54, 1.807) is 0 Å². The first-order chi connectivity index (χ1) is 6.26. The number of carbonyl (C=O) groups is 1. The molecule has 0 radical (unpaired) electrons. The monoisotopic (exact) mass is 199 g/mol. The molecule has 0 saturated heterocycles. The van der Waals surface area contributed by atoms with Gasteiger partial charge >= 0.3 is 0 Å². The van der Waals surface area contributed by atoms with Crippen LogP contribution < -0.4 is 11.1 Å². The van der Waals surface area contributed by atoms with Crippen molar-refractivity contribution in [2.45, 2.75) is 26.3 Å². The minimum atomic E-state index is 0.0143. The SMILES string of the molecule is CCCC(=O)Nc1nc(CN)cs1. The Morgan fingerprint density at radius 2 is 2.54 bits per heavy atom. The molecule has 0 bridgehead atoms.